The molecular weight excluding hydrogens is 288 g/mol. The van der Waals surface area contributed by atoms with Gasteiger partial charge in [-0.2, -0.15) is 0 Å². The van der Waals surface area contributed by atoms with Crippen LogP contribution in [-0.2, 0) is 6.54 Å². The van der Waals surface area contributed by atoms with Gasteiger partial charge in [0.2, 0.25) is 0 Å². The van der Waals surface area contributed by atoms with Crippen LogP contribution >= 0.6 is 0 Å². The maximum absolute atomic E-state index is 11.5. The normalized spacial score (nSPS) is 13.3. The Morgan fingerprint density at radius 2 is 1.74 bits per heavy atom. The first-order valence-electron chi connectivity index (χ1n) is 7.87. The molecule has 0 bridgehead atoms. The van der Waals surface area contributed by atoms with Gasteiger partial charge in [0.1, 0.15) is 0 Å². The zero-order valence-electron chi connectivity index (χ0n) is 13.6. The number of hydrogen-bond acceptors (Lipinski definition) is 3. The van der Waals surface area contributed by atoms with Gasteiger partial charge in [0, 0.05) is 25.2 Å². The van der Waals surface area contributed by atoms with E-state index in [0.717, 1.165) is 11.1 Å². The third-order valence-corrected chi connectivity index (χ3v) is 3.86. The molecule has 122 valence electrons. The van der Waals surface area contributed by atoms with E-state index >= 15 is 0 Å². The summed E-state index contributed by atoms with van der Waals surface area (Å²) in [4.78, 5) is 11.5. The van der Waals surface area contributed by atoms with Crippen molar-refractivity contribution < 1.29 is 9.90 Å². The fourth-order valence-electron chi connectivity index (χ4n) is 2.44. The lowest BCUT2D eigenvalue weighted by Crippen LogP contribution is -2.27. The van der Waals surface area contributed by atoms with Crippen LogP contribution in [0.4, 0.5) is 0 Å². The van der Waals surface area contributed by atoms with Crippen molar-refractivity contribution in [2.75, 3.05) is 7.05 Å². The number of aliphatic hydroxyl groups is 1. The Morgan fingerprint density at radius 1 is 1.09 bits per heavy atom. The Kier molecular flexibility index (Phi) is 6.32. The minimum Gasteiger partial charge on any atom is -0.388 e. The predicted octanol–water partition coefficient (Wildman–Crippen LogP) is 2.65. The first-order valence-corrected chi connectivity index (χ1v) is 7.87. The average molecular weight is 312 g/mol. The van der Waals surface area contributed by atoms with Crippen molar-refractivity contribution in [2.45, 2.75) is 32.0 Å². The van der Waals surface area contributed by atoms with Gasteiger partial charge in [-0.05, 0) is 36.6 Å². The monoisotopic (exact) mass is 312 g/mol. The molecule has 0 saturated heterocycles. The molecule has 4 nitrogen and oxygen atoms in total. The van der Waals surface area contributed by atoms with E-state index in [4.69, 9.17) is 0 Å². The van der Waals surface area contributed by atoms with Crippen LogP contribution in [0, 0.1) is 0 Å². The van der Waals surface area contributed by atoms with Crippen molar-refractivity contribution in [3.8, 4) is 0 Å². The van der Waals surface area contributed by atoms with Crippen LogP contribution in [0.5, 0.6) is 0 Å². The molecule has 23 heavy (non-hydrogen) atoms. The summed E-state index contributed by atoms with van der Waals surface area (Å²) < 4.78 is 0. The Morgan fingerprint density at radius 3 is 2.35 bits per heavy atom. The fraction of sp³-hybridized carbons (Fsp3) is 0.316. The molecule has 2 aromatic carbocycles. The number of carbonyl (C=O) groups is 1. The smallest absolute Gasteiger partial charge is 0.251 e. The number of aliphatic hydroxyl groups excluding tert-OH is 1. The molecule has 0 aliphatic carbocycles. The molecule has 2 aromatic rings. The maximum atomic E-state index is 11.5. The molecule has 2 rings (SSSR count). The Bertz CT molecular complexity index is 611. The third-order valence-electron chi connectivity index (χ3n) is 3.86. The molecule has 2 atom stereocenters. The summed E-state index contributed by atoms with van der Waals surface area (Å²) in [6.07, 6.45) is 0.190. The van der Waals surface area contributed by atoms with Crippen LogP contribution in [0.2, 0.25) is 0 Å². The summed E-state index contributed by atoms with van der Waals surface area (Å²) >= 11 is 0. The molecule has 0 saturated carbocycles. The largest absolute Gasteiger partial charge is 0.388 e. The lowest BCUT2D eigenvalue weighted by Gasteiger charge is -2.18. The van der Waals surface area contributed by atoms with Gasteiger partial charge in [0.05, 0.1) is 6.10 Å². The quantitative estimate of drug-likeness (QED) is 0.736. The first-order chi connectivity index (χ1) is 11.1. The van der Waals surface area contributed by atoms with Crippen LogP contribution in [0.1, 0.15) is 40.9 Å². The molecular formula is C19H24N2O2. The molecule has 0 aromatic heterocycles. The molecule has 4 heteroatoms. The van der Waals surface area contributed by atoms with Crippen molar-refractivity contribution in [3.63, 3.8) is 0 Å². The average Bonchev–Trinajstić information content (AvgIpc) is 2.60. The van der Waals surface area contributed by atoms with Gasteiger partial charge < -0.3 is 15.7 Å². The zero-order valence-corrected chi connectivity index (χ0v) is 13.6. The van der Waals surface area contributed by atoms with E-state index in [0.29, 0.717) is 18.5 Å². The minimum absolute atomic E-state index is 0.0798. The molecule has 0 spiro atoms. The fourth-order valence-corrected chi connectivity index (χ4v) is 2.44. The van der Waals surface area contributed by atoms with Crippen molar-refractivity contribution in [1.29, 1.82) is 0 Å². The second-order valence-corrected chi connectivity index (χ2v) is 5.72. The van der Waals surface area contributed by atoms with E-state index < -0.39 is 6.10 Å². The SMILES string of the molecule is CNC(=O)c1ccc(CNC(C)CC(O)c2ccccc2)cc1. The second-order valence-electron chi connectivity index (χ2n) is 5.72. The molecule has 0 fully saturated rings. The molecule has 0 aliphatic rings. The van der Waals surface area contributed by atoms with Crippen LogP contribution in [-0.4, -0.2) is 24.1 Å². The number of carbonyl (C=O) groups excluding carboxylic acids is 1. The summed E-state index contributed by atoms with van der Waals surface area (Å²) in [6, 6.07) is 17.4. The molecule has 0 radical (unpaired) electrons. The van der Waals surface area contributed by atoms with Crippen molar-refractivity contribution in [1.82, 2.24) is 10.6 Å². The lowest BCUT2D eigenvalue weighted by atomic mass is 10.0. The van der Waals surface area contributed by atoms with Crippen molar-refractivity contribution >= 4 is 5.91 Å². The van der Waals surface area contributed by atoms with Gasteiger partial charge in [0.15, 0.2) is 0 Å². The standard InChI is InChI=1S/C19H24N2O2/c1-14(12-18(22)16-6-4-3-5-7-16)21-13-15-8-10-17(11-9-15)19(23)20-2/h3-11,14,18,21-22H,12-13H2,1-2H3,(H,20,23). The molecule has 0 aliphatic heterocycles. The van der Waals surface area contributed by atoms with Gasteiger partial charge in [-0.15, -0.1) is 0 Å². The van der Waals surface area contributed by atoms with Gasteiger partial charge in [-0.3, -0.25) is 4.79 Å². The molecule has 3 N–H and O–H groups in total. The topological polar surface area (TPSA) is 61.4 Å². The van der Waals surface area contributed by atoms with E-state index in [1.54, 1.807) is 7.05 Å². The van der Waals surface area contributed by atoms with Gasteiger partial charge in [-0.1, -0.05) is 42.5 Å². The Hall–Kier alpha value is -2.17. The first kappa shape index (κ1) is 17.2. The number of amides is 1. The summed E-state index contributed by atoms with van der Waals surface area (Å²) in [6.45, 7) is 2.77. The predicted molar refractivity (Wildman–Crippen MR) is 92.2 cm³/mol. The van der Waals surface area contributed by atoms with Crippen LogP contribution < -0.4 is 10.6 Å². The van der Waals surface area contributed by atoms with Gasteiger partial charge in [-0.25, -0.2) is 0 Å². The maximum Gasteiger partial charge on any atom is 0.251 e. The van der Waals surface area contributed by atoms with Crippen molar-refractivity contribution in [2.24, 2.45) is 0 Å². The number of benzene rings is 2. The molecule has 2 unspecified atom stereocenters. The second kappa shape index (κ2) is 8.46. The Labute approximate surface area is 137 Å². The van der Waals surface area contributed by atoms with Crippen LogP contribution in [0.25, 0.3) is 0 Å². The number of rotatable bonds is 7. The summed E-state index contributed by atoms with van der Waals surface area (Å²) in [5.74, 6) is -0.0798. The molecule has 1 amide bonds. The summed E-state index contributed by atoms with van der Waals surface area (Å²) in [5.41, 5.74) is 2.71. The number of nitrogens with one attached hydrogen (secondary N) is 2. The molecule has 0 heterocycles. The van der Waals surface area contributed by atoms with E-state index in [9.17, 15) is 9.90 Å². The third kappa shape index (κ3) is 5.20. The highest BCUT2D eigenvalue weighted by atomic mass is 16.3. The van der Waals surface area contributed by atoms with Gasteiger partial charge >= 0.3 is 0 Å². The highest BCUT2D eigenvalue weighted by molar-refractivity contribution is 5.93. The summed E-state index contributed by atoms with van der Waals surface area (Å²) in [7, 11) is 1.62. The summed E-state index contributed by atoms with van der Waals surface area (Å²) in [5, 5.41) is 16.2. The minimum atomic E-state index is -0.464. The van der Waals surface area contributed by atoms with Crippen LogP contribution in [0.15, 0.2) is 54.6 Å². The van der Waals surface area contributed by atoms with Crippen LogP contribution in [0.3, 0.4) is 0 Å². The highest BCUT2D eigenvalue weighted by Crippen LogP contribution is 2.17. The van der Waals surface area contributed by atoms with E-state index in [1.165, 1.54) is 0 Å². The van der Waals surface area contributed by atoms with E-state index in [1.807, 2.05) is 54.6 Å². The Balaban J connectivity index is 1.82. The van der Waals surface area contributed by atoms with Gasteiger partial charge in [0.25, 0.3) is 5.91 Å². The number of hydrogen-bond donors (Lipinski definition) is 3. The van der Waals surface area contributed by atoms with E-state index in [-0.39, 0.29) is 11.9 Å². The zero-order chi connectivity index (χ0) is 16.7. The highest BCUT2D eigenvalue weighted by Gasteiger charge is 2.12. The van der Waals surface area contributed by atoms with Crippen molar-refractivity contribution in [3.05, 3.63) is 71.3 Å². The lowest BCUT2D eigenvalue weighted by molar-refractivity contribution is 0.0963. The van der Waals surface area contributed by atoms with E-state index in [2.05, 4.69) is 17.6 Å².